The highest BCUT2D eigenvalue weighted by Gasteiger charge is 2.61. The molecule has 3 saturated carbocycles. The maximum absolute atomic E-state index is 11.5. The largest absolute Gasteiger partial charge is 0.462 e. The zero-order valence-electron chi connectivity index (χ0n) is 14.3. The van der Waals surface area contributed by atoms with E-state index in [4.69, 9.17) is 4.74 Å². The zero-order valence-corrected chi connectivity index (χ0v) is 15.1. The van der Waals surface area contributed by atoms with Gasteiger partial charge in [0.15, 0.2) is 0 Å². The third-order valence-corrected chi connectivity index (χ3v) is 9.48. The fourth-order valence-electron chi connectivity index (χ4n) is 6.80. The average Bonchev–Trinajstić information content (AvgIpc) is 2.99. The summed E-state index contributed by atoms with van der Waals surface area (Å²) in [6.45, 7) is 6.59. The van der Waals surface area contributed by atoms with Gasteiger partial charge in [0.2, 0.25) is 0 Å². The number of hydrogen-bond donors (Lipinski definition) is 0. The van der Waals surface area contributed by atoms with E-state index in [0.717, 1.165) is 30.1 Å². The summed E-state index contributed by atoms with van der Waals surface area (Å²) in [5.41, 5.74) is 0.843. The van der Waals surface area contributed by atoms with E-state index in [1.165, 1.54) is 43.6 Å². The molecule has 22 heavy (non-hydrogen) atoms. The fraction of sp³-hybridized carbons (Fsp3) is 0.947. The minimum absolute atomic E-state index is 0.0862. The predicted octanol–water partition coefficient (Wildman–Crippen LogP) is 4.52. The molecule has 4 aliphatic rings. The number of esters is 1. The molecule has 124 valence electrons. The van der Waals surface area contributed by atoms with Gasteiger partial charge in [0.25, 0.3) is 0 Å². The van der Waals surface area contributed by atoms with Crippen LogP contribution in [0.1, 0.15) is 59.3 Å². The molecule has 7 atom stereocenters. The lowest BCUT2D eigenvalue weighted by Gasteiger charge is -2.57. The second-order valence-electron chi connectivity index (χ2n) is 8.89. The summed E-state index contributed by atoms with van der Waals surface area (Å²) < 4.78 is 5.73. The Bertz CT molecular complexity index is 478. The molecule has 1 aliphatic heterocycles. The molecule has 0 bridgehead atoms. The summed E-state index contributed by atoms with van der Waals surface area (Å²) in [6.07, 6.45) is 8.06. The molecule has 0 amide bonds. The molecule has 2 nitrogen and oxygen atoms in total. The van der Waals surface area contributed by atoms with Crippen molar-refractivity contribution in [1.82, 2.24) is 0 Å². The van der Waals surface area contributed by atoms with Gasteiger partial charge in [-0.25, -0.2) is 0 Å². The van der Waals surface area contributed by atoms with Gasteiger partial charge in [-0.15, -0.1) is 0 Å². The molecular weight excluding hydrogens is 292 g/mol. The number of fused-ring (bicyclic) bond motifs is 5. The number of ether oxygens (including phenoxy) is 1. The number of thioether (sulfide) groups is 1. The molecule has 0 aromatic heterocycles. The highest BCUT2D eigenvalue weighted by Crippen LogP contribution is 2.66. The van der Waals surface area contributed by atoms with E-state index in [2.05, 4.69) is 25.6 Å². The van der Waals surface area contributed by atoms with Crippen molar-refractivity contribution in [3.05, 3.63) is 0 Å². The number of hydrogen-bond acceptors (Lipinski definition) is 3. The number of carbonyl (C=O) groups excluding carboxylic acids is 1. The standard InChI is InChI=1S/C19H30O2S/c1-12(20)21-17-7-6-15-14-5-4-13-10-22-11-19(13,3)16(14)8-9-18(15,17)2/h13-17H,4-11H2,1-3H3/t13-,14-,15-,16-,17-,18-,19-/m0/s1. The summed E-state index contributed by atoms with van der Waals surface area (Å²) in [5.74, 6) is 6.27. The van der Waals surface area contributed by atoms with Crippen LogP contribution >= 0.6 is 11.8 Å². The first-order valence-electron chi connectivity index (χ1n) is 9.20. The van der Waals surface area contributed by atoms with E-state index in [-0.39, 0.29) is 17.5 Å². The van der Waals surface area contributed by atoms with Crippen molar-refractivity contribution in [2.24, 2.45) is 34.5 Å². The van der Waals surface area contributed by atoms with Gasteiger partial charge in [-0.2, -0.15) is 11.8 Å². The lowest BCUT2D eigenvalue weighted by atomic mass is 9.48. The lowest BCUT2D eigenvalue weighted by molar-refractivity contribution is -0.158. The molecule has 0 spiro atoms. The maximum atomic E-state index is 11.5. The lowest BCUT2D eigenvalue weighted by Crippen LogP contribution is -2.52. The molecule has 0 radical (unpaired) electrons. The van der Waals surface area contributed by atoms with Crippen LogP contribution in [-0.2, 0) is 9.53 Å². The molecule has 0 aromatic rings. The van der Waals surface area contributed by atoms with Crippen LogP contribution in [0.5, 0.6) is 0 Å². The molecule has 1 heterocycles. The van der Waals surface area contributed by atoms with Gasteiger partial charge < -0.3 is 4.74 Å². The van der Waals surface area contributed by atoms with Gasteiger partial charge in [0, 0.05) is 12.3 Å². The molecule has 1 saturated heterocycles. The first-order chi connectivity index (χ1) is 10.4. The van der Waals surface area contributed by atoms with Gasteiger partial charge in [0.1, 0.15) is 6.10 Å². The highest BCUT2D eigenvalue weighted by molar-refractivity contribution is 7.99. The minimum atomic E-state index is -0.0862. The Balaban J connectivity index is 1.60. The van der Waals surface area contributed by atoms with Crippen molar-refractivity contribution in [1.29, 1.82) is 0 Å². The summed E-state index contributed by atoms with van der Waals surface area (Å²) in [7, 11) is 0. The summed E-state index contributed by atoms with van der Waals surface area (Å²) in [5, 5.41) is 0. The van der Waals surface area contributed by atoms with Gasteiger partial charge in [-0.1, -0.05) is 13.8 Å². The van der Waals surface area contributed by atoms with Crippen molar-refractivity contribution in [2.45, 2.75) is 65.4 Å². The van der Waals surface area contributed by atoms with Crippen LogP contribution in [0.15, 0.2) is 0 Å². The van der Waals surface area contributed by atoms with E-state index in [9.17, 15) is 4.79 Å². The van der Waals surface area contributed by atoms with Crippen LogP contribution in [0.4, 0.5) is 0 Å². The van der Waals surface area contributed by atoms with Gasteiger partial charge >= 0.3 is 5.97 Å². The molecule has 3 aliphatic carbocycles. The molecule has 0 aromatic carbocycles. The molecule has 3 heteroatoms. The van der Waals surface area contributed by atoms with Gasteiger partial charge in [-0.3, -0.25) is 4.79 Å². The fourth-order valence-corrected chi connectivity index (χ4v) is 8.64. The third-order valence-electron chi connectivity index (χ3n) is 8.02. The topological polar surface area (TPSA) is 26.3 Å². The third kappa shape index (κ3) is 2.03. The number of carbonyl (C=O) groups is 1. The van der Waals surface area contributed by atoms with Crippen LogP contribution in [0, 0.1) is 34.5 Å². The van der Waals surface area contributed by atoms with Crippen molar-refractivity contribution in [2.75, 3.05) is 11.5 Å². The second-order valence-corrected chi connectivity index (χ2v) is 9.92. The smallest absolute Gasteiger partial charge is 0.302 e. The van der Waals surface area contributed by atoms with E-state index in [1.54, 1.807) is 6.92 Å². The predicted molar refractivity (Wildman–Crippen MR) is 90.8 cm³/mol. The first-order valence-corrected chi connectivity index (χ1v) is 10.4. The Morgan fingerprint density at radius 3 is 2.59 bits per heavy atom. The Morgan fingerprint density at radius 2 is 1.82 bits per heavy atom. The molecule has 4 rings (SSSR count). The van der Waals surface area contributed by atoms with E-state index < -0.39 is 0 Å². The van der Waals surface area contributed by atoms with E-state index in [1.807, 2.05) is 0 Å². The molecule has 0 N–H and O–H groups in total. The van der Waals surface area contributed by atoms with Crippen LogP contribution in [-0.4, -0.2) is 23.6 Å². The molecular formula is C19H30O2S. The maximum Gasteiger partial charge on any atom is 0.302 e. The Morgan fingerprint density at radius 1 is 1.05 bits per heavy atom. The van der Waals surface area contributed by atoms with Crippen molar-refractivity contribution >= 4 is 17.7 Å². The van der Waals surface area contributed by atoms with Crippen LogP contribution in [0.3, 0.4) is 0 Å². The summed E-state index contributed by atoms with van der Waals surface area (Å²) in [6, 6.07) is 0. The average molecular weight is 323 g/mol. The van der Waals surface area contributed by atoms with Crippen LogP contribution in [0.2, 0.25) is 0 Å². The van der Waals surface area contributed by atoms with Gasteiger partial charge in [-0.05, 0) is 79.1 Å². The SMILES string of the molecule is CC(=O)O[C@H]1CC[C@H]2[C@@H]3CC[C@H]4CSC[C@]4(C)[C@H]3CC[C@]12C. The molecule has 4 fully saturated rings. The zero-order chi connectivity index (χ0) is 15.5. The monoisotopic (exact) mass is 322 g/mol. The summed E-state index contributed by atoms with van der Waals surface area (Å²) >= 11 is 2.20. The van der Waals surface area contributed by atoms with Crippen LogP contribution < -0.4 is 0 Å². The van der Waals surface area contributed by atoms with Crippen molar-refractivity contribution in [3.63, 3.8) is 0 Å². The molecule has 0 unspecified atom stereocenters. The Kier molecular flexibility index (Phi) is 3.60. The van der Waals surface area contributed by atoms with Crippen LogP contribution in [0.25, 0.3) is 0 Å². The van der Waals surface area contributed by atoms with Gasteiger partial charge in [0.05, 0.1) is 0 Å². The van der Waals surface area contributed by atoms with Crippen molar-refractivity contribution in [3.8, 4) is 0 Å². The second kappa shape index (κ2) is 5.16. The van der Waals surface area contributed by atoms with Crippen molar-refractivity contribution < 1.29 is 9.53 Å². The Labute approximate surface area is 139 Å². The quantitative estimate of drug-likeness (QED) is 0.664. The van der Waals surface area contributed by atoms with E-state index in [0.29, 0.717) is 5.41 Å². The van der Waals surface area contributed by atoms with E-state index >= 15 is 0 Å². The normalized spacial score (nSPS) is 53.5. The minimum Gasteiger partial charge on any atom is -0.462 e. The number of rotatable bonds is 1. The Hall–Kier alpha value is -0.180. The summed E-state index contributed by atoms with van der Waals surface area (Å²) in [4.78, 5) is 11.5. The first kappa shape index (κ1) is 15.4. The highest BCUT2D eigenvalue weighted by atomic mass is 32.2.